The molecular weight excluding hydrogens is 376 g/mol. The fourth-order valence-corrected chi connectivity index (χ4v) is 3.03. The van der Waals surface area contributed by atoms with E-state index in [1.165, 1.54) is 0 Å². The van der Waals surface area contributed by atoms with Gasteiger partial charge in [-0.05, 0) is 70.8 Å². The first-order chi connectivity index (χ1) is 14.4. The van der Waals surface area contributed by atoms with E-state index in [9.17, 15) is 10.2 Å². The Hall–Kier alpha value is -3.92. The van der Waals surface area contributed by atoms with Gasteiger partial charge in [-0.2, -0.15) is 0 Å². The van der Waals surface area contributed by atoms with Crippen molar-refractivity contribution in [3.05, 3.63) is 108 Å². The lowest BCUT2D eigenvalue weighted by atomic mass is 9.93. The quantitative estimate of drug-likeness (QED) is 0.339. The van der Waals surface area contributed by atoms with Crippen molar-refractivity contribution in [3.8, 4) is 34.1 Å². The molecule has 0 aliphatic heterocycles. The van der Waals surface area contributed by atoms with Crippen molar-refractivity contribution in [2.75, 3.05) is 0 Å². The summed E-state index contributed by atoms with van der Waals surface area (Å²) < 4.78 is 0. The lowest BCUT2D eigenvalue weighted by Gasteiger charge is -2.12. The molecule has 0 heterocycles. The van der Waals surface area contributed by atoms with E-state index in [4.69, 9.17) is 10.2 Å². The maximum Gasteiger partial charge on any atom is 0.115 e. The van der Waals surface area contributed by atoms with Gasteiger partial charge in [0.15, 0.2) is 0 Å². The van der Waals surface area contributed by atoms with Crippen LogP contribution in [0.4, 0.5) is 0 Å². The third kappa shape index (κ3) is 5.55. The second kappa shape index (κ2) is 9.52. The van der Waals surface area contributed by atoms with Crippen LogP contribution in [0.15, 0.2) is 97.1 Å². The van der Waals surface area contributed by atoms with E-state index in [1.807, 2.05) is 48.5 Å². The van der Waals surface area contributed by atoms with Crippen LogP contribution in [0.5, 0.6) is 23.0 Å². The highest BCUT2D eigenvalue weighted by Gasteiger charge is 2.07. The Morgan fingerprint density at radius 1 is 0.400 bits per heavy atom. The van der Waals surface area contributed by atoms with Gasteiger partial charge in [0.25, 0.3) is 0 Å². The van der Waals surface area contributed by atoms with Gasteiger partial charge < -0.3 is 20.4 Å². The lowest BCUT2D eigenvalue weighted by Crippen LogP contribution is -1.94. The molecule has 4 heteroatoms. The van der Waals surface area contributed by atoms with Gasteiger partial charge in [0.1, 0.15) is 23.0 Å². The Bertz CT molecular complexity index is 963. The van der Waals surface area contributed by atoms with Gasteiger partial charge in [-0.15, -0.1) is 0 Å². The van der Waals surface area contributed by atoms with E-state index in [2.05, 4.69) is 6.92 Å². The van der Waals surface area contributed by atoms with E-state index in [-0.39, 0.29) is 28.9 Å². The summed E-state index contributed by atoms with van der Waals surface area (Å²) >= 11 is 0. The topological polar surface area (TPSA) is 80.9 Å². The molecule has 4 rings (SSSR count). The van der Waals surface area contributed by atoms with Gasteiger partial charge >= 0.3 is 0 Å². The molecule has 0 bridgehead atoms. The van der Waals surface area contributed by atoms with Crippen molar-refractivity contribution in [1.29, 1.82) is 0 Å². The van der Waals surface area contributed by atoms with E-state index >= 15 is 0 Å². The average molecular weight is 400 g/mol. The Morgan fingerprint density at radius 2 is 0.633 bits per heavy atom. The van der Waals surface area contributed by atoms with Crippen LogP contribution in [0.25, 0.3) is 11.1 Å². The largest absolute Gasteiger partial charge is 0.508 e. The van der Waals surface area contributed by atoms with Gasteiger partial charge in [0.2, 0.25) is 0 Å². The summed E-state index contributed by atoms with van der Waals surface area (Å²) in [7, 11) is 0. The first-order valence-electron chi connectivity index (χ1n) is 9.58. The van der Waals surface area contributed by atoms with Crippen LogP contribution in [0.1, 0.15) is 24.0 Å². The van der Waals surface area contributed by atoms with Crippen molar-refractivity contribution in [2.45, 2.75) is 12.8 Å². The second-order valence-corrected chi connectivity index (χ2v) is 7.00. The molecule has 4 aromatic rings. The number of hydrogen-bond acceptors (Lipinski definition) is 4. The van der Waals surface area contributed by atoms with Crippen LogP contribution < -0.4 is 0 Å². The predicted molar refractivity (Wildman–Crippen MR) is 119 cm³/mol. The summed E-state index contributed by atoms with van der Waals surface area (Å²) in [6.45, 7) is 2.10. The van der Waals surface area contributed by atoms with Crippen molar-refractivity contribution in [3.63, 3.8) is 0 Å². The maximum absolute atomic E-state index is 9.21. The Balaban J connectivity index is 0.000000172. The normalized spacial score (nSPS) is 10.3. The van der Waals surface area contributed by atoms with Crippen LogP contribution in [0.3, 0.4) is 0 Å². The molecule has 0 spiro atoms. The molecule has 4 nitrogen and oxygen atoms in total. The molecule has 4 N–H and O–H groups in total. The summed E-state index contributed by atoms with van der Waals surface area (Å²) in [4.78, 5) is 0. The maximum atomic E-state index is 9.21. The highest BCUT2D eigenvalue weighted by Crippen LogP contribution is 2.26. The smallest absolute Gasteiger partial charge is 0.115 e. The number of phenols is 4. The molecule has 0 amide bonds. The number of phenolic OH excluding ortho intramolecular Hbond substituents is 4. The zero-order valence-electron chi connectivity index (χ0n) is 16.6. The van der Waals surface area contributed by atoms with Gasteiger partial charge in [-0.3, -0.25) is 0 Å². The third-order valence-electron chi connectivity index (χ3n) is 4.85. The van der Waals surface area contributed by atoms with Gasteiger partial charge in [-0.25, -0.2) is 0 Å². The summed E-state index contributed by atoms with van der Waals surface area (Å²) in [5, 5.41) is 36.6. The van der Waals surface area contributed by atoms with E-state index in [0.717, 1.165) is 22.3 Å². The molecule has 0 saturated carbocycles. The molecule has 4 aromatic carbocycles. The minimum absolute atomic E-state index is 0.251. The minimum Gasteiger partial charge on any atom is -0.508 e. The molecule has 152 valence electrons. The summed E-state index contributed by atoms with van der Waals surface area (Å²) in [5.74, 6) is 1.32. The van der Waals surface area contributed by atoms with Crippen LogP contribution >= 0.6 is 0 Å². The molecule has 0 saturated heterocycles. The van der Waals surface area contributed by atoms with Crippen molar-refractivity contribution >= 4 is 0 Å². The van der Waals surface area contributed by atoms with E-state index in [0.29, 0.717) is 0 Å². The van der Waals surface area contributed by atoms with Crippen LogP contribution in [0.2, 0.25) is 0 Å². The third-order valence-corrected chi connectivity index (χ3v) is 4.85. The number of aromatic hydroxyl groups is 4. The molecule has 0 aromatic heterocycles. The zero-order valence-corrected chi connectivity index (χ0v) is 16.6. The molecule has 30 heavy (non-hydrogen) atoms. The minimum atomic E-state index is 0.251. The van der Waals surface area contributed by atoms with Gasteiger partial charge in [-0.1, -0.05) is 55.5 Å². The summed E-state index contributed by atoms with van der Waals surface area (Å²) in [6.07, 6.45) is 0. The Morgan fingerprint density at radius 3 is 0.900 bits per heavy atom. The van der Waals surface area contributed by atoms with Crippen molar-refractivity contribution < 1.29 is 20.4 Å². The van der Waals surface area contributed by atoms with Crippen LogP contribution in [-0.2, 0) is 0 Å². The zero-order chi connectivity index (χ0) is 21.5. The fraction of sp³-hybridized carbons (Fsp3) is 0.0769. The number of benzene rings is 4. The molecular formula is C26H24O4. The van der Waals surface area contributed by atoms with Gasteiger partial charge in [0, 0.05) is 5.92 Å². The fourth-order valence-electron chi connectivity index (χ4n) is 3.03. The number of hydrogen-bond donors (Lipinski definition) is 4. The Kier molecular flexibility index (Phi) is 6.60. The van der Waals surface area contributed by atoms with E-state index in [1.54, 1.807) is 48.5 Å². The molecule has 0 radical (unpaired) electrons. The molecule has 0 fully saturated rings. The highest BCUT2D eigenvalue weighted by molar-refractivity contribution is 5.64. The van der Waals surface area contributed by atoms with Crippen molar-refractivity contribution in [2.24, 2.45) is 0 Å². The monoisotopic (exact) mass is 400 g/mol. The Labute approximate surface area is 176 Å². The average Bonchev–Trinajstić information content (AvgIpc) is 2.76. The number of rotatable bonds is 3. The SMILES string of the molecule is CC(c1ccc(O)cc1)c1ccc(O)cc1.Oc1ccc(-c2ccc(O)cc2)cc1. The van der Waals surface area contributed by atoms with Crippen LogP contribution in [-0.4, -0.2) is 20.4 Å². The lowest BCUT2D eigenvalue weighted by molar-refractivity contribution is 0.474. The summed E-state index contributed by atoms with van der Waals surface area (Å²) in [5.41, 5.74) is 4.32. The summed E-state index contributed by atoms with van der Waals surface area (Å²) in [6, 6.07) is 28.3. The highest BCUT2D eigenvalue weighted by atomic mass is 16.3. The predicted octanol–water partition coefficient (Wildman–Crippen LogP) is 6.01. The van der Waals surface area contributed by atoms with Crippen molar-refractivity contribution in [1.82, 2.24) is 0 Å². The molecule has 0 aliphatic carbocycles. The molecule has 0 unspecified atom stereocenters. The first kappa shape index (κ1) is 20.8. The molecule has 0 atom stereocenters. The standard InChI is InChI=1S/C14H14O2.C12H10O2/c1-10(11-2-6-13(15)7-3-11)12-4-8-14(16)9-5-12;13-11-5-1-9(2-6-11)10-3-7-12(14)8-4-10/h2-10,15-16H,1H3;1-8,13-14H. The first-order valence-corrected chi connectivity index (χ1v) is 9.58. The second-order valence-electron chi connectivity index (χ2n) is 7.00. The van der Waals surface area contributed by atoms with Gasteiger partial charge in [0.05, 0.1) is 0 Å². The molecule has 0 aliphatic rings. The van der Waals surface area contributed by atoms with Crippen LogP contribution in [0, 0.1) is 0 Å². The van der Waals surface area contributed by atoms with E-state index < -0.39 is 0 Å².